The van der Waals surface area contributed by atoms with E-state index >= 15 is 0 Å². The lowest BCUT2D eigenvalue weighted by molar-refractivity contribution is -0.193. The highest BCUT2D eigenvalue weighted by molar-refractivity contribution is 5.73. The summed E-state index contributed by atoms with van der Waals surface area (Å²) in [4.78, 5) is 36.0. The Morgan fingerprint density at radius 1 is 0.907 bits per heavy atom. The number of hydrogen-bond acceptors (Lipinski definition) is 8. The Hall–Kier alpha value is -3.23. The van der Waals surface area contributed by atoms with E-state index in [9.17, 15) is 39.5 Å². The maximum atomic E-state index is 10.6. The smallest absolute Gasteiger partial charge is 0.475 e. The molecule has 3 N–H and O–H groups in total. The van der Waals surface area contributed by atoms with Gasteiger partial charge in [-0.1, -0.05) is 6.07 Å². The molecule has 3 heterocycles. The number of carboxylic acid groups (broad SMARTS) is 3. The number of hydrogen-bond donors (Lipinski definition) is 3. The summed E-state index contributed by atoms with van der Waals surface area (Å²) in [5.74, 6) is -8.27. The van der Waals surface area contributed by atoms with E-state index in [0.717, 1.165) is 59.1 Å². The highest BCUT2D eigenvalue weighted by Crippen LogP contribution is 2.33. The fourth-order valence-corrected chi connectivity index (χ4v) is 3.65. The minimum absolute atomic E-state index is 0.284. The van der Waals surface area contributed by atoms with E-state index in [1.807, 2.05) is 18.5 Å². The minimum atomic E-state index is -5.08. The Morgan fingerprint density at radius 3 is 1.81 bits per heavy atom. The molecule has 2 aliphatic heterocycles. The van der Waals surface area contributed by atoms with Gasteiger partial charge in [-0.05, 0) is 24.6 Å². The summed E-state index contributed by atoms with van der Waals surface area (Å²) in [6.45, 7) is 8.95. The molecule has 20 heteroatoms. The van der Waals surface area contributed by atoms with Crippen LogP contribution in [0.4, 0.5) is 39.5 Å². The number of alkyl halides is 9. The SMILES string of the molecule is COCCN1CCC2(COCCN(Cc3cccnc3)C2)C1.O=C(O)C(F)(F)F.O=C(O)C(F)(F)F.O=C(O)C(F)(F)F. The molecule has 2 aliphatic rings. The number of likely N-dealkylation sites (tertiary alicyclic amines) is 1. The van der Waals surface area contributed by atoms with Crippen LogP contribution in [-0.4, -0.2) is 126 Å². The van der Waals surface area contributed by atoms with Gasteiger partial charge in [0.2, 0.25) is 0 Å². The molecule has 3 rings (SSSR count). The van der Waals surface area contributed by atoms with Gasteiger partial charge in [-0.3, -0.25) is 9.88 Å². The van der Waals surface area contributed by atoms with Crippen molar-refractivity contribution in [1.82, 2.24) is 14.8 Å². The van der Waals surface area contributed by atoms with Gasteiger partial charge in [0.15, 0.2) is 0 Å². The zero-order valence-electron chi connectivity index (χ0n) is 22.5. The molecular formula is C23H30F9N3O8. The van der Waals surface area contributed by atoms with E-state index in [0.29, 0.717) is 0 Å². The number of ether oxygens (including phenoxy) is 2. The van der Waals surface area contributed by atoms with Gasteiger partial charge >= 0.3 is 36.4 Å². The van der Waals surface area contributed by atoms with Gasteiger partial charge in [0, 0.05) is 57.6 Å². The van der Waals surface area contributed by atoms with Crippen molar-refractivity contribution in [3.63, 3.8) is 0 Å². The Morgan fingerprint density at radius 2 is 1.40 bits per heavy atom. The summed E-state index contributed by atoms with van der Waals surface area (Å²) in [6.07, 6.45) is -10.2. The Kier molecular flexibility index (Phi) is 16.4. The van der Waals surface area contributed by atoms with Crippen molar-refractivity contribution in [2.45, 2.75) is 31.5 Å². The maximum Gasteiger partial charge on any atom is 0.490 e. The first kappa shape index (κ1) is 39.8. The number of pyridine rings is 1. The van der Waals surface area contributed by atoms with Gasteiger partial charge in [-0.25, -0.2) is 14.4 Å². The molecule has 0 bridgehead atoms. The van der Waals surface area contributed by atoms with Crippen molar-refractivity contribution in [2.24, 2.45) is 5.41 Å². The first-order valence-electron chi connectivity index (χ1n) is 11.9. The molecule has 248 valence electrons. The third kappa shape index (κ3) is 17.5. The monoisotopic (exact) mass is 647 g/mol. The molecular weight excluding hydrogens is 617 g/mol. The normalized spacial score (nSPS) is 19.5. The molecule has 0 radical (unpaired) electrons. The first-order valence-corrected chi connectivity index (χ1v) is 11.9. The van der Waals surface area contributed by atoms with Crippen LogP contribution < -0.4 is 0 Å². The van der Waals surface area contributed by atoms with E-state index in [4.69, 9.17) is 39.2 Å². The van der Waals surface area contributed by atoms with Crippen LogP contribution in [0.25, 0.3) is 0 Å². The van der Waals surface area contributed by atoms with Crippen LogP contribution in [0.1, 0.15) is 12.0 Å². The number of carboxylic acids is 3. The predicted octanol–water partition coefficient (Wildman–Crippen LogP) is 3.15. The zero-order chi connectivity index (χ0) is 33.5. The lowest BCUT2D eigenvalue weighted by Crippen LogP contribution is -2.40. The van der Waals surface area contributed by atoms with Gasteiger partial charge in [0.05, 0.1) is 19.8 Å². The summed E-state index contributed by atoms with van der Waals surface area (Å²) in [5, 5.41) is 21.4. The minimum Gasteiger partial charge on any atom is -0.475 e. The highest BCUT2D eigenvalue weighted by Gasteiger charge is 2.41. The van der Waals surface area contributed by atoms with Gasteiger partial charge in [-0.15, -0.1) is 0 Å². The van der Waals surface area contributed by atoms with Crippen LogP contribution in [0.5, 0.6) is 0 Å². The van der Waals surface area contributed by atoms with E-state index in [1.165, 1.54) is 12.0 Å². The summed E-state index contributed by atoms with van der Waals surface area (Å²) >= 11 is 0. The van der Waals surface area contributed by atoms with Crippen LogP contribution in [0.15, 0.2) is 24.5 Å². The van der Waals surface area contributed by atoms with Crippen LogP contribution in [-0.2, 0) is 30.4 Å². The van der Waals surface area contributed by atoms with Crippen molar-refractivity contribution >= 4 is 17.9 Å². The van der Waals surface area contributed by atoms with Crippen molar-refractivity contribution < 1.29 is 78.7 Å². The van der Waals surface area contributed by atoms with E-state index < -0.39 is 36.4 Å². The van der Waals surface area contributed by atoms with Crippen LogP contribution in [0, 0.1) is 5.41 Å². The first-order chi connectivity index (χ1) is 19.6. The fourth-order valence-electron chi connectivity index (χ4n) is 3.65. The number of methoxy groups -OCH3 is 1. The lowest BCUT2D eigenvalue weighted by Gasteiger charge is -2.32. The number of aliphatic carboxylic acids is 3. The summed E-state index contributed by atoms with van der Waals surface area (Å²) in [6, 6.07) is 4.17. The van der Waals surface area contributed by atoms with E-state index in [2.05, 4.69) is 20.9 Å². The van der Waals surface area contributed by atoms with Gasteiger partial charge in [0.25, 0.3) is 0 Å². The third-order valence-corrected chi connectivity index (χ3v) is 5.50. The third-order valence-electron chi connectivity index (χ3n) is 5.50. The molecule has 0 saturated carbocycles. The molecule has 1 aromatic rings. The number of carbonyl (C=O) groups is 3. The standard InChI is InChI=1S/C17H27N3O2.3C2HF3O2/c1-21-9-7-19-6-4-17(13-19)14-20(8-10-22-15-17)12-16-3-2-5-18-11-16;3*3-2(4,5)1(6)7/h2-3,5,11H,4,6-10,12-15H2,1H3;3*(H,6,7). The molecule has 1 aromatic heterocycles. The molecule has 11 nitrogen and oxygen atoms in total. The summed E-state index contributed by atoms with van der Waals surface area (Å²) in [5.41, 5.74) is 1.57. The molecule has 43 heavy (non-hydrogen) atoms. The highest BCUT2D eigenvalue weighted by atomic mass is 19.4. The van der Waals surface area contributed by atoms with Crippen LogP contribution in [0.2, 0.25) is 0 Å². The van der Waals surface area contributed by atoms with Crippen molar-refractivity contribution in [2.75, 3.05) is 59.7 Å². The van der Waals surface area contributed by atoms with Crippen molar-refractivity contribution in [3.8, 4) is 0 Å². The molecule has 2 fully saturated rings. The molecule has 1 unspecified atom stereocenters. The fraction of sp³-hybridized carbons (Fsp3) is 0.652. The second-order valence-corrected chi connectivity index (χ2v) is 9.05. The number of nitrogens with zero attached hydrogens (tertiary/aromatic N) is 3. The Labute approximate surface area is 238 Å². The molecule has 0 amide bonds. The van der Waals surface area contributed by atoms with Crippen LogP contribution >= 0.6 is 0 Å². The maximum absolute atomic E-state index is 10.6. The van der Waals surface area contributed by atoms with Gasteiger partial charge in [-0.2, -0.15) is 39.5 Å². The van der Waals surface area contributed by atoms with Crippen LogP contribution in [0.3, 0.4) is 0 Å². The molecule has 2 saturated heterocycles. The average Bonchev–Trinajstić information content (AvgIpc) is 3.16. The topological polar surface area (TPSA) is 150 Å². The molecule has 1 atom stereocenters. The quantitative estimate of drug-likeness (QED) is 0.405. The molecule has 0 aliphatic carbocycles. The van der Waals surface area contributed by atoms with Gasteiger partial charge in [0.1, 0.15) is 0 Å². The second-order valence-electron chi connectivity index (χ2n) is 9.05. The Bertz CT molecular complexity index is 938. The van der Waals surface area contributed by atoms with E-state index in [1.54, 1.807) is 7.11 Å². The number of rotatable bonds is 5. The van der Waals surface area contributed by atoms with Crippen molar-refractivity contribution in [3.05, 3.63) is 30.1 Å². The van der Waals surface area contributed by atoms with Gasteiger partial charge < -0.3 is 29.7 Å². The Balaban J connectivity index is 0.000000690. The molecule has 0 aromatic carbocycles. The summed E-state index contributed by atoms with van der Waals surface area (Å²) < 4.78 is 106. The van der Waals surface area contributed by atoms with E-state index in [-0.39, 0.29) is 5.41 Å². The second kappa shape index (κ2) is 17.8. The predicted molar refractivity (Wildman–Crippen MR) is 127 cm³/mol. The van der Waals surface area contributed by atoms with Crippen molar-refractivity contribution in [1.29, 1.82) is 0 Å². The lowest BCUT2D eigenvalue weighted by atomic mass is 9.87. The number of halogens is 9. The molecule has 1 spiro atoms. The average molecular weight is 647 g/mol. The number of aromatic nitrogens is 1. The summed E-state index contributed by atoms with van der Waals surface area (Å²) in [7, 11) is 1.77. The zero-order valence-corrected chi connectivity index (χ0v) is 22.5. The largest absolute Gasteiger partial charge is 0.490 e.